The van der Waals surface area contributed by atoms with E-state index in [0.717, 1.165) is 6.08 Å². The topological polar surface area (TPSA) is 83.8 Å². The molecule has 5 nitrogen and oxygen atoms in total. The van der Waals surface area contributed by atoms with Crippen LogP contribution in [0.4, 0.5) is 0 Å². The van der Waals surface area contributed by atoms with E-state index in [1.807, 2.05) is 0 Å². The van der Waals surface area contributed by atoms with Gasteiger partial charge >= 0.3 is 11.9 Å². The number of methoxy groups -OCH3 is 1. The van der Waals surface area contributed by atoms with Crippen molar-refractivity contribution < 1.29 is 24.5 Å². The molecule has 84 valence electrons. The van der Waals surface area contributed by atoms with E-state index >= 15 is 0 Å². The summed E-state index contributed by atoms with van der Waals surface area (Å²) in [5.74, 6) is -1.79. The van der Waals surface area contributed by atoms with Crippen LogP contribution >= 0.6 is 0 Å². The largest absolute Gasteiger partial charge is 0.497 e. The standard InChI is InChI=1S/C11H10O5/c1-16-8-3-4-9(11(14)15)7(6-8)2-5-10(12)13/h2-6H,1H3,(H,12,13)(H,14,15). The summed E-state index contributed by atoms with van der Waals surface area (Å²) in [5, 5.41) is 17.3. The van der Waals surface area contributed by atoms with Gasteiger partial charge in [-0.1, -0.05) is 0 Å². The molecule has 0 unspecified atom stereocenters. The summed E-state index contributed by atoms with van der Waals surface area (Å²) in [4.78, 5) is 21.2. The third-order valence-electron chi connectivity index (χ3n) is 1.89. The Morgan fingerprint density at radius 3 is 2.50 bits per heavy atom. The van der Waals surface area contributed by atoms with Crippen molar-refractivity contribution in [3.05, 3.63) is 35.4 Å². The molecular weight excluding hydrogens is 212 g/mol. The third-order valence-corrected chi connectivity index (χ3v) is 1.89. The molecular formula is C11H10O5. The molecule has 0 radical (unpaired) electrons. The average Bonchev–Trinajstić information content (AvgIpc) is 2.25. The van der Waals surface area contributed by atoms with Crippen LogP contribution in [0, 0.1) is 0 Å². The molecule has 0 aliphatic heterocycles. The Morgan fingerprint density at radius 2 is 2.00 bits per heavy atom. The summed E-state index contributed by atoms with van der Waals surface area (Å²) in [6.07, 6.45) is 2.09. The number of hydrogen-bond acceptors (Lipinski definition) is 3. The van der Waals surface area contributed by atoms with Gasteiger partial charge in [-0.25, -0.2) is 9.59 Å². The van der Waals surface area contributed by atoms with Crippen LogP contribution in [-0.2, 0) is 4.79 Å². The van der Waals surface area contributed by atoms with Crippen LogP contribution < -0.4 is 4.74 Å². The molecule has 0 atom stereocenters. The third kappa shape index (κ3) is 2.84. The maximum atomic E-state index is 10.8. The first kappa shape index (κ1) is 11.8. The molecule has 0 fully saturated rings. The van der Waals surface area contributed by atoms with Gasteiger partial charge in [-0.2, -0.15) is 0 Å². The van der Waals surface area contributed by atoms with E-state index < -0.39 is 11.9 Å². The Hall–Kier alpha value is -2.30. The predicted octanol–water partition coefficient (Wildman–Crippen LogP) is 1.49. The van der Waals surface area contributed by atoms with Gasteiger partial charge in [0, 0.05) is 6.08 Å². The number of aromatic carboxylic acids is 1. The van der Waals surface area contributed by atoms with Crippen molar-refractivity contribution in [1.82, 2.24) is 0 Å². The molecule has 1 rings (SSSR count). The minimum atomic E-state index is -1.14. The minimum Gasteiger partial charge on any atom is -0.497 e. The van der Waals surface area contributed by atoms with Gasteiger partial charge in [0.05, 0.1) is 12.7 Å². The number of carboxylic acid groups (broad SMARTS) is 2. The highest BCUT2D eigenvalue weighted by atomic mass is 16.5. The summed E-state index contributed by atoms with van der Waals surface area (Å²) in [5.41, 5.74) is 0.313. The zero-order chi connectivity index (χ0) is 12.1. The van der Waals surface area contributed by atoms with E-state index in [1.165, 1.54) is 31.4 Å². The molecule has 0 aromatic heterocycles. The van der Waals surface area contributed by atoms with E-state index in [9.17, 15) is 9.59 Å². The molecule has 1 aromatic rings. The minimum absolute atomic E-state index is 0.0262. The summed E-state index contributed by atoms with van der Waals surface area (Å²) >= 11 is 0. The number of aliphatic carboxylic acids is 1. The van der Waals surface area contributed by atoms with Gasteiger partial charge in [-0.05, 0) is 29.8 Å². The second-order valence-corrected chi connectivity index (χ2v) is 2.93. The lowest BCUT2D eigenvalue weighted by atomic mass is 10.1. The Labute approximate surface area is 91.6 Å². The number of ether oxygens (including phenoxy) is 1. The van der Waals surface area contributed by atoms with Gasteiger partial charge in [0.1, 0.15) is 5.75 Å². The fourth-order valence-corrected chi connectivity index (χ4v) is 1.16. The molecule has 1 aromatic carbocycles. The lowest BCUT2D eigenvalue weighted by molar-refractivity contribution is -0.131. The first-order valence-electron chi connectivity index (χ1n) is 4.37. The van der Waals surface area contributed by atoms with Gasteiger partial charge < -0.3 is 14.9 Å². The summed E-state index contributed by atoms with van der Waals surface area (Å²) in [7, 11) is 1.44. The first-order valence-corrected chi connectivity index (χ1v) is 4.37. The van der Waals surface area contributed by atoms with E-state index in [0.29, 0.717) is 5.75 Å². The van der Waals surface area contributed by atoms with Gasteiger partial charge in [0.2, 0.25) is 0 Å². The van der Waals surface area contributed by atoms with E-state index in [4.69, 9.17) is 14.9 Å². The van der Waals surface area contributed by atoms with Crippen LogP contribution in [0.25, 0.3) is 6.08 Å². The zero-order valence-electron chi connectivity index (χ0n) is 8.51. The highest BCUT2D eigenvalue weighted by Crippen LogP contribution is 2.19. The number of hydrogen-bond donors (Lipinski definition) is 2. The molecule has 0 aliphatic carbocycles. The maximum Gasteiger partial charge on any atom is 0.336 e. The SMILES string of the molecule is COc1ccc(C(=O)O)c(C=CC(=O)O)c1. The summed E-state index contributed by atoms with van der Waals surface area (Å²) in [6.45, 7) is 0. The lowest BCUT2D eigenvalue weighted by Crippen LogP contribution is -2.00. The van der Waals surface area contributed by atoms with Crippen LogP contribution in [0.1, 0.15) is 15.9 Å². The van der Waals surface area contributed by atoms with Crippen molar-refractivity contribution in [3.8, 4) is 5.75 Å². The van der Waals surface area contributed by atoms with Gasteiger partial charge in [0.25, 0.3) is 0 Å². The van der Waals surface area contributed by atoms with Crippen LogP contribution in [0.15, 0.2) is 24.3 Å². The first-order chi connectivity index (χ1) is 7.54. The molecule has 0 amide bonds. The monoisotopic (exact) mass is 222 g/mol. The van der Waals surface area contributed by atoms with E-state index in [2.05, 4.69) is 0 Å². The molecule has 5 heteroatoms. The van der Waals surface area contributed by atoms with Crippen LogP contribution in [0.5, 0.6) is 5.75 Å². The average molecular weight is 222 g/mol. The molecule has 16 heavy (non-hydrogen) atoms. The molecule has 0 spiro atoms. The van der Waals surface area contributed by atoms with Crippen molar-refractivity contribution in [3.63, 3.8) is 0 Å². The molecule has 2 N–H and O–H groups in total. The number of benzene rings is 1. The predicted molar refractivity (Wildman–Crippen MR) is 56.6 cm³/mol. The number of carbonyl (C=O) groups is 2. The molecule has 0 saturated carbocycles. The highest BCUT2D eigenvalue weighted by Gasteiger charge is 2.09. The Morgan fingerprint density at radius 1 is 1.31 bits per heavy atom. The quantitative estimate of drug-likeness (QED) is 0.754. The molecule has 0 bridgehead atoms. The Kier molecular flexibility index (Phi) is 3.66. The molecule has 0 heterocycles. The molecule has 0 aliphatic rings. The van der Waals surface area contributed by atoms with Crippen molar-refractivity contribution in [2.45, 2.75) is 0 Å². The Bertz CT molecular complexity index is 448. The Balaban J connectivity index is 3.20. The highest BCUT2D eigenvalue weighted by molar-refractivity contribution is 5.94. The second-order valence-electron chi connectivity index (χ2n) is 2.93. The fourth-order valence-electron chi connectivity index (χ4n) is 1.16. The van der Waals surface area contributed by atoms with Crippen molar-refractivity contribution in [2.75, 3.05) is 7.11 Å². The van der Waals surface area contributed by atoms with E-state index in [1.54, 1.807) is 0 Å². The number of carboxylic acids is 2. The van der Waals surface area contributed by atoms with Crippen LogP contribution in [0.3, 0.4) is 0 Å². The van der Waals surface area contributed by atoms with Gasteiger partial charge in [-0.15, -0.1) is 0 Å². The summed E-state index contributed by atoms with van der Waals surface area (Å²) < 4.78 is 4.92. The van der Waals surface area contributed by atoms with Gasteiger partial charge in [-0.3, -0.25) is 0 Å². The normalized spacial score (nSPS) is 10.3. The zero-order valence-corrected chi connectivity index (χ0v) is 8.51. The second kappa shape index (κ2) is 4.97. The van der Waals surface area contributed by atoms with Crippen molar-refractivity contribution in [1.29, 1.82) is 0 Å². The van der Waals surface area contributed by atoms with Gasteiger partial charge in [0.15, 0.2) is 0 Å². The molecule has 0 saturated heterocycles. The van der Waals surface area contributed by atoms with Crippen molar-refractivity contribution >= 4 is 18.0 Å². The maximum absolute atomic E-state index is 10.8. The van der Waals surface area contributed by atoms with E-state index in [-0.39, 0.29) is 11.1 Å². The summed E-state index contributed by atoms with van der Waals surface area (Å²) in [6, 6.07) is 4.33. The van der Waals surface area contributed by atoms with Crippen LogP contribution in [-0.4, -0.2) is 29.3 Å². The smallest absolute Gasteiger partial charge is 0.336 e. The van der Waals surface area contributed by atoms with Crippen LogP contribution in [0.2, 0.25) is 0 Å². The van der Waals surface area contributed by atoms with Crippen molar-refractivity contribution in [2.24, 2.45) is 0 Å². The lowest BCUT2D eigenvalue weighted by Gasteiger charge is -2.04. The number of rotatable bonds is 4. The fraction of sp³-hybridized carbons (Fsp3) is 0.0909.